The molecule has 2 saturated heterocycles. The number of hydrogen-bond acceptors (Lipinski definition) is 8. The summed E-state index contributed by atoms with van der Waals surface area (Å²) < 4.78 is 27.6. The fraction of sp³-hybridized carbons (Fsp3) is 0.536. The number of piperidine rings is 1. The molecule has 0 radical (unpaired) electrons. The summed E-state index contributed by atoms with van der Waals surface area (Å²) in [6, 6.07) is 11.9. The van der Waals surface area contributed by atoms with Crippen molar-refractivity contribution in [2.24, 2.45) is 0 Å². The SMILES string of the molecule is COc1cc(OC)cc(N2CCN(C(=O)OCC3CCCCN3Cc3cc(OC)ccc3OC)CC2)c1. The third-order valence-electron chi connectivity index (χ3n) is 7.25. The molecule has 2 aliphatic rings. The monoisotopic (exact) mass is 513 g/mol. The average Bonchev–Trinajstić information content (AvgIpc) is 2.96. The molecule has 2 aromatic carbocycles. The molecule has 9 heteroatoms. The molecule has 0 aliphatic carbocycles. The van der Waals surface area contributed by atoms with Crippen molar-refractivity contribution in [1.82, 2.24) is 9.80 Å². The van der Waals surface area contributed by atoms with Crippen molar-refractivity contribution in [2.75, 3.05) is 72.7 Å². The van der Waals surface area contributed by atoms with Crippen molar-refractivity contribution >= 4 is 11.8 Å². The highest BCUT2D eigenvalue weighted by Gasteiger charge is 2.28. The van der Waals surface area contributed by atoms with Crippen LogP contribution in [0.2, 0.25) is 0 Å². The number of methoxy groups -OCH3 is 4. The van der Waals surface area contributed by atoms with Crippen LogP contribution in [0.4, 0.5) is 10.5 Å². The van der Waals surface area contributed by atoms with Crippen molar-refractivity contribution < 1.29 is 28.5 Å². The second-order valence-electron chi connectivity index (χ2n) is 9.42. The second kappa shape index (κ2) is 12.8. The van der Waals surface area contributed by atoms with Gasteiger partial charge in [0, 0.05) is 68.2 Å². The normalized spacial score (nSPS) is 18.3. The quantitative estimate of drug-likeness (QED) is 0.498. The fourth-order valence-corrected chi connectivity index (χ4v) is 5.06. The van der Waals surface area contributed by atoms with Crippen LogP contribution in [-0.4, -0.2) is 89.7 Å². The van der Waals surface area contributed by atoms with E-state index in [1.165, 1.54) is 0 Å². The van der Waals surface area contributed by atoms with E-state index in [0.29, 0.717) is 19.7 Å². The predicted octanol–water partition coefficient (Wildman–Crippen LogP) is 4.03. The van der Waals surface area contributed by atoms with Gasteiger partial charge in [-0.2, -0.15) is 0 Å². The molecule has 2 heterocycles. The summed E-state index contributed by atoms with van der Waals surface area (Å²) in [7, 11) is 6.65. The zero-order chi connectivity index (χ0) is 26.2. The third-order valence-corrected chi connectivity index (χ3v) is 7.25. The molecule has 4 rings (SSSR count). The van der Waals surface area contributed by atoms with Crippen molar-refractivity contribution in [1.29, 1.82) is 0 Å². The summed E-state index contributed by atoms with van der Waals surface area (Å²) >= 11 is 0. The molecular weight excluding hydrogens is 474 g/mol. The van der Waals surface area contributed by atoms with E-state index in [4.69, 9.17) is 23.7 Å². The Labute approximate surface area is 219 Å². The zero-order valence-electron chi connectivity index (χ0n) is 22.4. The molecule has 1 amide bonds. The largest absolute Gasteiger partial charge is 0.497 e. The van der Waals surface area contributed by atoms with E-state index in [9.17, 15) is 4.79 Å². The number of hydrogen-bond donors (Lipinski definition) is 0. The number of nitrogens with zero attached hydrogens (tertiary/aromatic N) is 3. The topological polar surface area (TPSA) is 72.9 Å². The van der Waals surface area contributed by atoms with Crippen molar-refractivity contribution in [2.45, 2.75) is 31.8 Å². The number of benzene rings is 2. The third kappa shape index (κ3) is 6.71. The maximum atomic E-state index is 12.9. The van der Waals surface area contributed by atoms with E-state index in [-0.39, 0.29) is 12.1 Å². The van der Waals surface area contributed by atoms with Gasteiger partial charge in [-0.25, -0.2) is 4.79 Å². The first-order chi connectivity index (χ1) is 18.0. The van der Waals surface area contributed by atoms with Gasteiger partial charge in [-0.15, -0.1) is 0 Å². The number of amides is 1. The van der Waals surface area contributed by atoms with Gasteiger partial charge in [0.2, 0.25) is 0 Å². The standard InChI is InChI=1S/C28H39N3O6/c1-33-24-8-9-27(36-4)21(15-24)19-31-10-6-5-7-22(31)20-37-28(32)30-13-11-29(12-14-30)23-16-25(34-2)18-26(17-23)35-3/h8-9,15-18,22H,5-7,10-14,19-20H2,1-4H3. The van der Waals surface area contributed by atoms with Gasteiger partial charge in [0.05, 0.1) is 28.4 Å². The van der Waals surface area contributed by atoms with E-state index < -0.39 is 0 Å². The van der Waals surface area contributed by atoms with Gasteiger partial charge in [0.15, 0.2) is 0 Å². The number of ether oxygens (including phenoxy) is 5. The molecule has 9 nitrogen and oxygen atoms in total. The van der Waals surface area contributed by atoms with Crippen LogP contribution in [0.25, 0.3) is 0 Å². The Kier molecular flexibility index (Phi) is 9.22. The molecule has 0 saturated carbocycles. The summed E-state index contributed by atoms with van der Waals surface area (Å²) in [6.07, 6.45) is 3.03. The minimum absolute atomic E-state index is 0.180. The molecule has 1 atom stereocenters. The highest BCUT2D eigenvalue weighted by Crippen LogP contribution is 2.30. The van der Waals surface area contributed by atoms with Crippen LogP contribution < -0.4 is 23.8 Å². The Morgan fingerprint density at radius 2 is 1.51 bits per heavy atom. The first kappa shape index (κ1) is 26.7. The highest BCUT2D eigenvalue weighted by atomic mass is 16.6. The molecule has 0 N–H and O–H groups in total. The Morgan fingerprint density at radius 3 is 2.16 bits per heavy atom. The van der Waals surface area contributed by atoms with Crippen LogP contribution in [0.1, 0.15) is 24.8 Å². The van der Waals surface area contributed by atoms with Crippen LogP contribution in [-0.2, 0) is 11.3 Å². The molecule has 2 aliphatic heterocycles. The van der Waals surface area contributed by atoms with E-state index >= 15 is 0 Å². The van der Waals surface area contributed by atoms with E-state index in [0.717, 1.165) is 79.7 Å². The molecule has 0 aromatic heterocycles. The van der Waals surface area contributed by atoms with Gasteiger partial charge < -0.3 is 33.5 Å². The summed E-state index contributed by atoms with van der Waals surface area (Å²) in [6.45, 7) is 4.73. The van der Waals surface area contributed by atoms with Crippen molar-refractivity contribution in [3.63, 3.8) is 0 Å². The summed E-state index contributed by atoms with van der Waals surface area (Å²) in [4.78, 5) is 19.3. The molecule has 2 fully saturated rings. The zero-order valence-corrected chi connectivity index (χ0v) is 22.4. The van der Waals surface area contributed by atoms with Gasteiger partial charge in [0.1, 0.15) is 29.6 Å². The summed E-state index contributed by atoms with van der Waals surface area (Å²) in [5, 5.41) is 0. The Hall–Kier alpha value is -3.33. The van der Waals surface area contributed by atoms with Crippen LogP contribution in [0.3, 0.4) is 0 Å². The smallest absolute Gasteiger partial charge is 0.409 e. The van der Waals surface area contributed by atoms with Crippen LogP contribution in [0.5, 0.6) is 23.0 Å². The molecular formula is C28H39N3O6. The Balaban J connectivity index is 1.31. The number of carbonyl (C=O) groups excluding carboxylic acids is 1. The van der Waals surface area contributed by atoms with Gasteiger partial charge in [-0.05, 0) is 37.6 Å². The Morgan fingerprint density at radius 1 is 0.811 bits per heavy atom. The number of piperazine rings is 1. The van der Waals surface area contributed by atoms with E-state index in [1.54, 1.807) is 33.3 Å². The van der Waals surface area contributed by atoms with E-state index in [2.05, 4.69) is 9.80 Å². The number of rotatable bonds is 9. The van der Waals surface area contributed by atoms with E-state index in [1.807, 2.05) is 36.4 Å². The van der Waals surface area contributed by atoms with Crippen molar-refractivity contribution in [3.05, 3.63) is 42.0 Å². The Bertz CT molecular complexity index is 1020. The lowest BCUT2D eigenvalue weighted by Crippen LogP contribution is -2.50. The minimum Gasteiger partial charge on any atom is -0.497 e. The lowest BCUT2D eigenvalue weighted by molar-refractivity contribution is 0.0452. The van der Waals surface area contributed by atoms with Crippen LogP contribution >= 0.6 is 0 Å². The van der Waals surface area contributed by atoms with Gasteiger partial charge in [-0.3, -0.25) is 4.90 Å². The summed E-state index contributed by atoms with van der Waals surface area (Å²) in [5.41, 5.74) is 2.10. The highest BCUT2D eigenvalue weighted by molar-refractivity contribution is 5.68. The first-order valence-corrected chi connectivity index (χ1v) is 12.9. The summed E-state index contributed by atoms with van der Waals surface area (Å²) in [5.74, 6) is 3.15. The number of likely N-dealkylation sites (tertiary alicyclic amines) is 1. The molecule has 202 valence electrons. The molecule has 1 unspecified atom stereocenters. The minimum atomic E-state index is -0.243. The van der Waals surface area contributed by atoms with Crippen LogP contribution in [0, 0.1) is 0 Å². The second-order valence-corrected chi connectivity index (χ2v) is 9.42. The predicted molar refractivity (Wildman–Crippen MR) is 142 cm³/mol. The lowest BCUT2D eigenvalue weighted by atomic mass is 10.0. The first-order valence-electron chi connectivity index (χ1n) is 12.9. The number of anilines is 1. The average molecular weight is 514 g/mol. The molecule has 37 heavy (non-hydrogen) atoms. The fourth-order valence-electron chi connectivity index (χ4n) is 5.06. The van der Waals surface area contributed by atoms with Gasteiger partial charge in [0.25, 0.3) is 0 Å². The number of carbonyl (C=O) groups is 1. The maximum Gasteiger partial charge on any atom is 0.409 e. The van der Waals surface area contributed by atoms with Crippen LogP contribution in [0.15, 0.2) is 36.4 Å². The molecule has 0 bridgehead atoms. The van der Waals surface area contributed by atoms with Gasteiger partial charge in [-0.1, -0.05) is 6.42 Å². The molecule has 0 spiro atoms. The van der Waals surface area contributed by atoms with Crippen molar-refractivity contribution in [3.8, 4) is 23.0 Å². The molecule has 2 aromatic rings. The lowest BCUT2D eigenvalue weighted by Gasteiger charge is -2.38. The van der Waals surface area contributed by atoms with Gasteiger partial charge >= 0.3 is 6.09 Å². The maximum absolute atomic E-state index is 12.9.